The van der Waals surface area contributed by atoms with Crippen molar-refractivity contribution >= 4 is 44.8 Å². The third kappa shape index (κ3) is 4.30. The van der Waals surface area contributed by atoms with Crippen molar-refractivity contribution in [1.29, 1.82) is 0 Å². The van der Waals surface area contributed by atoms with Crippen LogP contribution in [-0.4, -0.2) is 32.3 Å². The van der Waals surface area contributed by atoms with Gasteiger partial charge in [0.1, 0.15) is 23.1 Å². The van der Waals surface area contributed by atoms with Crippen LogP contribution in [0.1, 0.15) is 41.9 Å². The van der Waals surface area contributed by atoms with Crippen molar-refractivity contribution in [1.82, 2.24) is 15.0 Å². The van der Waals surface area contributed by atoms with Gasteiger partial charge < -0.3 is 5.32 Å². The molecule has 1 aromatic carbocycles. The van der Waals surface area contributed by atoms with Crippen LogP contribution in [0.3, 0.4) is 0 Å². The van der Waals surface area contributed by atoms with Crippen LogP contribution in [0, 0.1) is 5.82 Å². The minimum absolute atomic E-state index is 0.00417. The highest BCUT2D eigenvalue weighted by molar-refractivity contribution is 8.14. The lowest BCUT2D eigenvalue weighted by molar-refractivity contribution is 0.146. The van der Waals surface area contributed by atoms with Gasteiger partial charge in [-0.05, 0) is 41.9 Å². The van der Waals surface area contributed by atoms with Gasteiger partial charge in [-0.15, -0.1) is 0 Å². The third-order valence-corrected chi connectivity index (χ3v) is 7.27. The molecule has 2 aromatic heterocycles. The molecule has 0 saturated carbocycles. The summed E-state index contributed by atoms with van der Waals surface area (Å²) in [6.07, 6.45) is 0.477. The largest absolute Gasteiger partial charge is 0.365 e. The van der Waals surface area contributed by atoms with E-state index >= 15 is 0 Å². The zero-order valence-electron chi connectivity index (χ0n) is 16.0. The van der Waals surface area contributed by atoms with E-state index in [1.807, 2.05) is 6.07 Å². The fourth-order valence-corrected chi connectivity index (χ4v) is 5.40. The molecular weight excluding hydrogens is 433 g/mol. The molecule has 9 heteroatoms. The van der Waals surface area contributed by atoms with Crippen molar-refractivity contribution in [3.63, 3.8) is 0 Å². The highest BCUT2D eigenvalue weighted by atomic mass is 35.5. The van der Waals surface area contributed by atoms with Crippen molar-refractivity contribution in [3.05, 3.63) is 58.3 Å². The first-order valence-electron chi connectivity index (χ1n) is 9.51. The first kappa shape index (κ1) is 21.1. The molecule has 1 fully saturated rings. The molecule has 0 spiro atoms. The van der Waals surface area contributed by atoms with E-state index in [9.17, 15) is 13.2 Å². The van der Waals surface area contributed by atoms with Crippen molar-refractivity contribution in [2.75, 3.05) is 16.8 Å². The summed E-state index contributed by atoms with van der Waals surface area (Å²) < 4.78 is 40.3. The predicted octanol–water partition coefficient (Wildman–Crippen LogP) is 5.95. The molecular formula is C21H20ClF3N4S. The molecule has 4 rings (SSSR count). The van der Waals surface area contributed by atoms with E-state index in [0.29, 0.717) is 27.9 Å². The molecule has 1 saturated heterocycles. The van der Waals surface area contributed by atoms with Crippen LogP contribution in [0.4, 0.5) is 19.0 Å². The fraction of sp³-hybridized carbons (Fsp3) is 0.333. The lowest BCUT2D eigenvalue weighted by Gasteiger charge is -2.25. The summed E-state index contributed by atoms with van der Waals surface area (Å²) in [4.78, 5) is 12.9. The minimum atomic E-state index is -2.87. The molecule has 0 unspecified atom stereocenters. The Labute approximate surface area is 179 Å². The Morgan fingerprint density at radius 3 is 2.73 bits per heavy atom. The second-order valence-electron chi connectivity index (χ2n) is 7.23. The van der Waals surface area contributed by atoms with Gasteiger partial charge in [0.05, 0.1) is 10.9 Å². The monoisotopic (exact) mass is 452 g/mol. The number of aromatic nitrogens is 3. The number of benzene rings is 1. The summed E-state index contributed by atoms with van der Waals surface area (Å²) in [7, 11) is 0.206. The molecule has 0 bridgehead atoms. The van der Waals surface area contributed by atoms with Crippen LogP contribution >= 0.6 is 22.1 Å². The van der Waals surface area contributed by atoms with Crippen LogP contribution in [0.2, 0.25) is 5.15 Å². The van der Waals surface area contributed by atoms with Crippen LogP contribution in [-0.2, 0) is 6.54 Å². The Kier molecular flexibility index (Phi) is 6.24. The number of hydrogen-bond acceptors (Lipinski definition) is 4. The van der Waals surface area contributed by atoms with Gasteiger partial charge in [0.2, 0.25) is 0 Å². The standard InChI is InChI=1S/C21H20ClF3N4S/c1-30-7-5-12(6-8-30)15-9-16-20(27-11-28-21(16)29-18(15)22)26-10-13-3-2-4-14(17(13)23)19(24)25/h2-4,9,11-12,19H,1,5-8,10H2,(H,26,27,28,29). The van der Waals surface area contributed by atoms with Crippen LogP contribution in [0.15, 0.2) is 30.6 Å². The molecule has 1 aliphatic rings. The zero-order valence-corrected chi connectivity index (χ0v) is 17.6. The maximum Gasteiger partial charge on any atom is 0.266 e. The van der Waals surface area contributed by atoms with Crippen LogP contribution in [0.5, 0.6) is 0 Å². The smallest absolute Gasteiger partial charge is 0.266 e. The second-order valence-corrected chi connectivity index (χ2v) is 9.63. The zero-order chi connectivity index (χ0) is 21.3. The highest BCUT2D eigenvalue weighted by Gasteiger charge is 2.22. The van der Waals surface area contributed by atoms with Gasteiger partial charge in [-0.3, -0.25) is 0 Å². The molecule has 0 amide bonds. The number of fused-ring (bicyclic) bond motifs is 1. The van der Waals surface area contributed by atoms with Gasteiger partial charge >= 0.3 is 0 Å². The highest BCUT2D eigenvalue weighted by Crippen LogP contribution is 2.38. The number of nitrogens with zero attached hydrogens (tertiary/aromatic N) is 3. The van der Waals surface area contributed by atoms with Crippen molar-refractivity contribution in [2.45, 2.75) is 31.7 Å². The average molecular weight is 453 g/mol. The van der Waals surface area contributed by atoms with E-state index < -0.39 is 17.8 Å². The number of pyridine rings is 1. The summed E-state index contributed by atoms with van der Waals surface area (Å²) in [5, 5.41) is 4.14. The van der Waals surface area contributed by atoms with Crippen LogP contribution < -0.4 is 5.32 Å². The Bertz CT molecular complexity index is 1100. The Morgan fingerprint density at radius 2 is 2.00 bits per heavy atom. The number of anilines is 1. The van der Waals surface area contributed by atoms with Gasteiger partial charge in [0.25, 0.3) is 6.43 Å². The molecule has 0 aliphatic carbocycles. The first-order chi connectivity index (χ1) is 14.4. The summed E-state index contributed by atoms with van der Waals surface area (Å²) in [6, 6.07) is 5.91. The normalized spacial score (nSPS) is 19.4. The van der Waals surface area contributed by atoms with Crippen molar-refractivity contribution in [3.8, 4) is 0 Å². The summed E-state index contributed by atoms with van der Waals surface area (Å²) in [6.45, 7) is 0.00417. The van der Waals surface area contributed by atoms with E-state index in [2.05, 4.69) is 26.1 Å². The Hall–Kier alpha value is -2.19. The van der Waals surface area contributed by atoms with E-state index in [4.69, 9.17) is 11.6 Å². The maximum atomic E-state index is 14.3. The average Bonchev–Trinajstić information content (AvgIpc) is 2.73. The molecule has 3 heterocycles. The quantitative estimate of drug-likeness (QED) is 0.384. The predicted molar refractivity (Wildman–Crippen MR) is 117 cm³/mol. The van der Waals surface area contributed by atoms with Gasteiger partial charge in [0.15, 0.2) is 5.65 Å². The van der Waals surface area contributed by atoms with E-state index in [1.165, 1.54) is 18.5 Å². The number of alkyl halides is 2. The summed E-state index contributed by atoms with van der Waals surface area (Å²) in [5.74, 6) is 6.14. The molecule has 3 aromatic rings. The lowest BCUT2D eigenvalue weighted by Crippen LogP contribution is -2.11. The van der Waals surface area contributed by atoms with E-state index in [-0.39, 0.29) is 22.6 Å². The number of rotatable bonds is 5. The Balaban J connectivity index is 1.64. The van der Waals surface area contributed by atoms with Gasteiger partial charge in [-0.2, -0.15) is 10.5 Å². The van der Waals surface area contributed by atoms with Crippen molar-refractivity contribution in [2.24, 2.45) is 0 Å². The summed E-state index contributed by atoms with van der Waals surface area (Å²) in [5.41, 5.74) is 0.899. The SMILES string of the molecule is C=S1CCC(c2cc3c(NCc4cccc(C(F)F)c4F)ncnc3nc2Cl)CC1. The minimum Gasteiger partial charge on any atom is -0.365 e. The molecule has 1 N–H and O–H groups in total. The van der Waals surface area contributed by atoms with Gasteiger partial charge in [-0.1, -0.05) is 35.7 Å². The Morgan fingerprint density at radius 1 is 1.23 bits per heavy atom. The lowest BCUT2D eigenvalue weighted by atomic mass is 9.94. The number of hydrogen-bond donors (Lipinski definition) is 1. The molecule has 0 radical (unpaired) electrons. The number of halogens is 4. The first-order valence-corrected chi connectivity index (χ1v) is 11.6. The molecule has 0 atom stereocenters. The second kappa shape index (κ2) is 8.89. The molecule has 4 nitrogen and oxygen atoms in total. The maximum absolute atomic E-state index is 14.3. The van der Waals surface area contributed by atoms with Gasteiger partial charge in [-0.25, -0.2) is 28.1 Å². The molecule has 30 heavy (non-hydrogen) atoms. The fourth-order valence-electron chi connectivity index (χ4n) is 3.67. The van der Waals surface area contributed by atoms with Gasteiger partial charge in [0, 0.05) is 12.1 Å². The third-order valence-electron chi connectivity index (χ3n) is 5.34. The van der Waals surface area contributed by atoms with E-state index in [1.54, 1.807) is 0 Å². The number of nitrogens with one attached hydrogen (secondary N) is 1. The van der Waals surface area contributed by atoms with E-state index in [0.717, 1.165) is 36.0 Å². The molecule has 1 aliphatic heterocycles. The summed E-state index contributed by atoms with van der Waals surface area (Å²) >= 11 is 6.44. The van der Waals surface area contributed by atoms with Crippen molar-refractivity contribution < 1.29 is 13.2 Å². The van der Waals surface area contributed by atoms with Crippen LogP contribution in [0.25, 0.3) is 11.0 Å². The topological polar surface area (TPSA) is 50.7 Å². The molecule has 158 valence electrons.